The normalized spacial score (nSPS) is 10.8. The largest absolute Gasteiger partial charge is 0.322 e. The molecule has 0 aliphatic carbocycles. The zero-order valence-electron chi connectivity index (χ0n) is 17.3. The number of carbonyl (C=O) groups excluding carboxylic acids is 1. The fourth-order valence-electron chi connectivity index (χ4n) is 3.42. The van der Waals surface area contributed by atoms with E-state index in [1.807, 2.05) is 85.8 Å². The maximum Gasteiger partial charge on any atom is 0.259 e. The first-order chi connectivity index (χ1) is 15.7. The lowest BCUT2D eigenvalue weighted by molar-refractivity contribution is 0.102. The number of hydrogen-bond donors (Lipinski definition) is 1. The number of benzene rings is 3. The number of nitrogens with zero attached hydrogens (tertiary/aromatic N) is 6. The Morgan fingerprint density at radius 2 is 1.62 bits per heavy atom. The maximum absolute atomic E-state index is 13.4. The SMILES string of the molecule is Cc1ccc(-n2cnnn2)cc1NC(=O)c1cn(-c2ccccc2)nc1-c1ccccc1. The quantitative estimate of drug-likeness (QED) is 0.462. The Balaban J connectivity index is 1.54. The van der Waals surface area contributed by atoms with Crippen LogP contribution in [0.3, 0.4) is 0 Å². The van der Waals surface area contributed by atoms with Gasteiger partial charge in [-0.25, -0.2) is 9.36 Å². The molecule has 156 valence electrons. The minimum Gasteiger partial charge on any atom is -0.322 e. The molecule has 5 rings (SSSR count). The highest BCUT2D eigenvalue weighted by Crippen LogP contribution is 2.26. The third kappa shape index (κ3) is 3.77. The summed E-state index contributed by atoms with van der Waals surface area (Å²) in [6.45, 7) is 1.94. The average Bonchev–Trinajstić information content (AvgIpc) is 3.52. The third-order valence-corrected chi connectivity index (χ3v) is 5.11. The van der Waals surface area contributed by atoms with Gasteiger partial charge < -0.3 is 5.32 Å². The number of rotatable bonds is 5. The van der Waals surface area contributed by atoms with Gasteiger partial charge in [0.25, 0.3) is 5.91 Å². The van der Waals surface area contributed by atoms with Crippen LogP contribution in [-0.2, 0) is 0 Å². The molecule has 5 aromatic rings. The predicted molar refractivity (Wildman–Crippen MR) is 121 cm³/mol. The molecule has 2 aromatic heterocycles. The van der Waals surface area contributed by atoms with Gasteiger partial charge in [-0.3, -0.25) is 4.79 Å². The Labute approximate surface area is 184 Å². The van der Waals surface area contributed by atoms with Gasteiger partial charge in [-0.2, -0.15) is 5.10 Å². The summed E-state index contributed by atoms with van der Waals surface area (Å²) in [5, 5.41) is 19.0. The van der Waals surface area contributed by atoms with Gasteiger partial charge in [0.15, 0.2) is 0 Å². The van der Waals surface area contributed by atoms with Gasteiger partial charge in [-0.05, 0) is 47.2 Å². The molecule has 0 aliphatic heterocycles. The van der Waals surface area contributed by atoms with Crippen molar-refractivity contribution in [2.75, 3.05) is 5.32 Å². The van der Waals surface area contributed by atoms with E-state index in [0.717, 1.165) is 22.5 Å². The van der Waals surface area contributed by atoms with Gasteiger partial charge in [-0.1, -0.05) is 54.6 Å². The Bertz CT molecular complexity index is 1360. The highest BCUT2D eigenvalue weighted by Gasteiger charge is 2.19. The van der Waals surface area contributed by atoms with E-state index in [4.69, 9.17) is 5.10 Å². The van der Waals surface area contributed by atoms with Crippen LogP contribution < -0.4 is 5.32 Å². The zero-order chi connectivity index (χ0) is 21.9. The second-order valence-corrected chi connectivity index (χ2v) is 7.25. The first-order valence-electron chi connectivity index (χ1n) is 10.0. The summed E-state index contributed by atoms with van der Waals surface area (Å²) in [5.41, 5.74) is 5.18. The maximum atomic E-state index is 13.4. The average molecular weight is 421 g/mol. The molecular formula is C24H19N7O. The lowest BCUT2D eigenvalue weighted by Gasteiger charge is -2.10. The number of aromatic nitrogens is 6. The molecule has 2 heterocycles. The van der Waals surface area contributed by atoms with Gasteiger partial charge in [-0.15, -0.1) is 5.10 Å². The van der Waals surface area contributed by atoms with Crippen LogP contribution in [0.15, 0.2) is 91.4 Å². The summed E-state index contributed by atoms with van der Waals surface area (Å²) in [7, 11) is 0. The van der Waals surface area contributed by atoms with Crippen LogP contribution in [0.4, 0.5) is 5.69 Å². The number of aryl methyl sites for hydroxylation is 1. The molecule has 3 aromatic carbocycles. The zero-order valence-corrected chi connectivity index (χ0v) is 17.3. The first-order valence-corrected chi connectivity index (χ1v) is 10.0. The van der Waals surface area contributed by atoms with E-state index in [-0.39, 0.29) is 5.91 Å². The van der Waals surface area contributed by atoms with E-state index in [0.29, 0.717) is 16.9 Å². The van der Waals surface area contributed by atoms with Crippen LogP contribution in [0.2, 0.25) is 0 Å². The number of hydrogen-bond acceptors (Lipinski definition) is 5. The van der Waals surface area contributed by atoms with E-state index in [2.05, 4.69) is 20.8 Å². The summed E-state index contributed by atoms with van der Waals surface area (Å²) in [6, 6.07) is 25.0. The third-order valence-electron chi connectivity index (χ3n) is 5.11. The number of tetrazole rings is 1. The van der Waals surface area contributed by atoms with Crippen molar-refractivity contribution in [3.63, 3.8) is 0 Å². The second kappa shape index (κ2) is 8.27. The number of para-hydroxylation sites is 1. The van der Waals surface area contributed by atoms with Gasteiger partial charge in [0, 0.05) is 17.4 Å². The number of anilines is 1. The molecule has 0 saturated carbocycles. The molecule has 0 bridgehead atoms. The van der Waals surface area contributed by atoms with Crippen molar-refractivity contribution in [3.05, 3.63) is 103 Å². The fraction of sp³-hybridized carbons (Fsp3) is 0.0417. The number of nitrogens with one attached hydrogen (secondary N) is 1. The molecular weight excluding hydrogens is 402 g/mol. The van der Waals surface area contributed by atoms with Crippen molar-refractivity contribution in [1.82, 2.24) is 30.0 Å². The molecule has 0 aliphatic rings. The summed E-state index contributed by atoms with van der Waals surface area (Å²) < 4.78 is 3.26. The molecule has 0 unspecified atom stereocenters. The topological polar surface area (TPSA) is 90.5 Å². The van der Waals surface area contributed by atoms with Gasteiger partial charge in [0.05, 0.1) is 16.9 Å². The van der Waals surface area contributed by atoms with Gasteiger partial charge in [0.2, 0.25) is 0 Å². The highest BCUT2D eigenvalue weighted by molar-refractivity contribution is 6.08. The van der Waals surface area contributed by atoms with Crippen LogP contribution in [-0.4, -0.2) is 35.9 Å². The van der Waals surface area contributed by atoms with Crippen molar-refractivity contribution >= 4 is 11.6 Å². The Kier molecular flexibility index (Phi) is 5.01. The predicted octanol–water partition coefficient (Wildman–Crippen LogP) is 4.08. The smallest absolute Gasteiger partial charge is 0.259 e. The number of carbonyl (C=O) groups is 1. The molecule has 0 radical (unpaired) electrons. The van der Waals surface area contributed by atoms with E-state index >= 15 is 0 Å². The molecule has 1 N–H and O–H groups in total. The molecule has 1 amide bonds. The van der Waals surface area contributed by atoms with E-state index in [9.17, 15) is 4.79 Å². The lowest BCUT2D eigenvalue weighted by atomic mass is 10.1. The molecule has 0 fully saturated rings. The molecule has 0 spiro atoms. The summed E-state index contributed by atoms with van der Waals surface area (Å²) >= 11 is 0. The summed E-state index contributed by atoms with van der Waals surface area (Å²) in [5.74, 6) is -0.247. The van der Waals surface area contributed by atoms with Gasteiger partial charge in [0.1, 0.15) is 12.0 Å². The van der Waals surface area contributed by atoms with E-state index in [1.165, 1.54) is 11.0 Å². The summed E-state index contributed by atoms with van der Waals surface area (Å²) in [4.78, 5) is 13.4. The summed E-state index contributed by atoms with van der Waals surface area (Å²) in [6.07, 6.45) is 3.27. The Morgan fingerprint density at radius 1 is 0.875 bits per heavy atom. The minimum atomic E-state index is -0.247. The minimum absolute atomic E-state index is 0.247. The van der Waals surface area contributed by atoms with Crippen molar-refractivity contribution < 1.29 is 4.79 Å². The van der Waals surface area contributed by atoms with Crippen LogP contribution in [0.1, 0.15) is 15.9 Å². The molecule has 8 nitrogen and oxygen atoms in total. The van der Waals surface area contributed by atoms with Crippen molar-refractivity contribution in [2.24, 2.45) is 0 Å². The molecule has 32 heavy (non-hydrogen) atoms. The Hall–Kier alpha value is -4.59. The Morgan fingerprint density at radius 3 is 2.34 bits per heavy atom. The lowest BCUT2D eigenvalue weighted by Crippen LogP contribution is -2.13. The molecule has 0 saturated heterocycles. The molecule has 0 atom stereocenters. The standard InChI is InChI=1S/C24H19N7O/c1-17-12-13-20(31-16-25-28-29-31)14-22(17)26-24(32)21-15-30(19-10-6-3-7-11-19)27-23(21)18-8-4-2-5-9-18/h2-16H,1H3,(H,26,32). The van der Waals surface area contributed by atoms with Crippen LogP contribution in [0.25, 0.3) is 22.6 Å². The van der Waals surface area contributed by atoms with Gasteiger partial charge >= 0.3 is 0 Å². The van der Waals surface area contributed by atoms with E-state index in [1.54, 1.807) is 10.9 Å². The highest BCUT2D eigenvalue weighted by atomic mass is 16.1. The first kappa shape index (κ1) is 19.4. The second-order valence-electron chi connectivity index (χ2n) is 7.25. The van der Waals surface area contributed by atoms with Crippen molar-refractivity contribution in [1.29, 1.82) is 0 Å². The number of amides is 1. The van der Waals surface area contributed by atoms with Crippen LogP contribution in [0, 0.1) is 6.92 Å². The fourth-order valence-corrected chi connectivity index (χ4v) is 3.42. The molecule has 8 heteroatoms. The van der Waals surface area contributed by atoms with Crippen molar-refractivity contribution in [2.45, 2.75) is 6.92 Å². The van der Waals surface area contributed by atoms with Crippen LogP contribution in [0.5, 0.6) is 0 Å². The monoisotopic (exact) mass is 421 g/mol. The van der Waals surface area contributed by atoms with Crippen molar-refractivity contribution in [3.8, 4) is 22.6 Å². The van der Waals surface area contributed by atoms with E-state index < -0.39 is 0 Å². The van der Waals surface area contributed by atoms with Crippen LogP contribution >= 0.6 is 0 Å².